The SMILES string of the molecule is Cc1cccc2c(=O)n(CCC(=O)Nc3cc(F)cc(F)c3)cnc12. The molecule has 0 unspecified atom stereocenters. The van der Waals surface area contributed by atoms with Gasteiger partial charge >= 0.3 is 0 Å². The first-order chi connectivity index (χ1) is 11.9. The molecule has 0 atom stereocenters. The van der Waals surface area contributed by atoms with Crippen LogP contribution >= 0.6 is 0 Å². The molecule has 3 rings (SSSR count). The first-order valence-electron chi connectivity index (χ1n) is 7.65. The summed E-state index contributed by atoms with van der Waals surface area (Å²) in [5.41, 5.74) is 1.32. The maximum atomic E-state index is 13.1. The smallest absolute Gasteiger partial charge is 0.261 e. The molecule has 0 radical (unpaired) electrons. The third-order valence-corrected chi connectivity index (χ3v) is 3.78. The quantitative estimate of drug-likeness (QED) is 0.792. The van der Waals surface area contributed by atoms with Crippen molar-refractivity contribution in [2.45, 2.75) is 19.9 Å². The molecule has 0 fully saturated rings. The minimum absolute atomic E-state index is 0.0297. The van der Waals surface area contributed by atoms with E-state index in [1.54, 1.807) is 12.1 Å². The zero-order valence-electron chi connectivity index (χ0n) is 13.4. The summed E-state index contributed by atoms with van der Waals surface area (Å²) in [6, 6.07) is 8.09. The lowest BCUT2D eigenvalue weighted by molar-refractivity contribution is -0.116. The van der Waals surface area contributed by atoms with E-state index in [1.165, 1.54) is 10.9 Å². The number of aryl methyl sites for hydroxylation is 2. The number of carbonyl (C=O) groups excluding carboxylic acids is 1. The van der Waals surface area contributed by atoms with Gasteiger partial charge in [0.05, 0.1) is 17.2 Å². The van der Waals surface area contributed by atoms with E-state index >= 15 is 0 Å². The fraction of sp³-hybridized carbons (Fsp3) is 0.167. The lowest BCUT2D eigenvalue weighted by Crippen LogP contribution is -2.23. The summed E-state index contributed by atoms with van der Waals surface area (Å²) in [7, 11) is 0. The van der Waals surface area contributed by atoms with Crippen LogP contribution in [-0.2, 0) is 11.3 Å². The average Bonchev–Trinajstić information content (AvgIpc) is 2.54. The second-order valence-electron chi connectivity index (χ2n) is 5.67. The van der Waals surface area contributed by atoms with Crippen molar-refractivity contribution >= 4 is 22.5 Å². The first kappa shape index (κ1) is 16.8. The Morgan fingerprint density at radius 3 is 2.64 bits per heavy atom. The van der Waals surface area contributed by atoms with E-state index < -0.39 is 17.5 Å². The first-order valence-corrected chi connectivity index (χ1v) is 7.65. The molecular weight excluding hydrogens is 328 g/mol. The van der Waals surface area contributed by atoms with Gasteiger partial charge in [0.2, 0.25) is 5.91 Å². The minimum atomic E-state index is -0.777. The van der Waals surface area contributed by atoms with Crippen LogP contribution in [-0.4, -0.2) is 15.5 Å². The summed E-state index contributed by atoms with van der Waals surface area (Å²) >= 11 is 0. The summed E-state index contributed by atoms with van der Waals surface area (Å²) in [4.78, 5) is 28.6. The van der Waals surface area contributed by atoms with Crippen molar-refractivity contribution in [1.29, 1.82) is 0 Å². The van der Waals surface area contributed by atoms with Crippen molar-refractivity contribution in [3.63, 3.8) is 0 Å². The minimum Gasteiger partial charge on any atom is -0.326 e. The van der Waals surface area contributed by atoms with Gasteiger partial charge in [-0.05, 0) is 30.7 Å². The van der Waals surface area contributed by atoms with Crippen LogP contribution < -0.4 is 10.9 Å². The van der Waals surface area contributed by atoms with Crippen LogP contribution in [0.5, 0.6) is 0 Å². The van der Waals surface area contributed by atoms with Crippen LogP contribution in [0, 0.1) is 18.6 Å². The van der Waals surface area contributed by atoms with Crippen molar-refractivity contribution in [3.05, 3.63) is 70.3 Å². The van der Waals surface area contributed by atoms with Crippen LogP contribution in [0.15, 0.2) is 47.5 Å². The standard InChI is InChI=1S/C18H15F2N3O2/c1-11-3-2-4-15-17(11)21-10-23(18(15)25)6-5-16(24)22-14-8-12(19)7-13(20)9-14/h2-4,7-10H,5-6H2,1H3,(H,22,24). The molecule has 7 heteroatoms. The number of hydrogen-bond donors (Lipinski definition) is 1. The fourth-order valence-electron chi connectivity index (χ4n) is 2.57. The van der Waals surface area contributed by atoms with Crippen molar-refractivity contribution in [2.75, 3.05) is 5.32 Å². The molecule has 128 valence electrons. The number of rotatable bonds is 4. The van der Waals surface area contributed by atoms with Gasteiger partial charge in [-0.3, -0.25) is 14.2 Å². The van der Waals surface area contributed by atoms with E-state index in [0.29, 0.717) is 10.9 Å². The molecule has 0 spiro atoms. The van der Waals surface area contributed by atoms with Crippen molar-refractivity contribution in [1.82, 2.24) is 9.55 Å². The van der Waals surface area contributed by atoms with Gasteiger partial charge in [-0.2, -0.15) is 0 Å². The second-order valence-corrected chi connectivity index (χ2v) is 5.67. The molecule has 0 saturated carbocycles. The Labute approximate surface area is 141 Å². The summed E-state index contributed by atoms with van der Waals surface area (Å²) < 4.78 is 27.6. The van der Waals surface area contributed by atoms with Gasteiger partial charge in [0.25, 0.3) is 5.56 Å². The summed E-state index contributed by atoms with van der Waals surface area (Å²) in [6.07, 6.45) is 1.36. The molecule has 0 bridgehead atoms. The predicted molar refractivity (Wildman–Crippen MR) is 90.3 cm³/mol. The van der Waals surface area contributed by atoms with Crippen LogP contribution in [0.25, 0.3) is 10.9 Å². The lowest BCUT2D eigenvalue weighted by atomic mass is 10.1. The number of fused-ring (bicyclic) bond motifs is 1. The summed E-state index contributed by atoms with van der Waals surface area (Å²) in [5, 5.41) is 2.89. The Bertz CT molecular complexity index is 995. The van der Waals surface area contributed by atoms with Crippen molar-refractivity contribution in [2.24, 2.45) is 0 Å². The molecule has 1 amide bonds. The number of nitrogens with one attached hydrogen (secondary N) is 1. The average molecular weight is 343 g/mol. The van der Waals surface area contributed by atoms with Gasteiger partial charge in [0.1, 0.15) is 11.6 Å². The fourth-order valence-corrected chi connectivity index (χ4v) is 2.57. The molecule has 2 aromatic carbocycles. The Morgan fingerprint density at radius 1 is 1.20 bits per heavy atom. The molecule has 0 aliphatic rings. The number of hydrogen-bond acceptors (Lipinski definition) is 3. The molecule has 0 aliphatic heterocycles. The van der Waals surface area contributed by atoms with Gasteiger partial charge in [0.15, 0.2) is 0 Å². The molecule has 3 aromatic rings. The molecule has 1 aromatic heterocycles. The second kappa shape index (κ2) is 6.80. The largest absolute Gasteiger partial charge is 0.326 e. The molecule has 0 saturated heterocycles. The number of nitrogens with zero attached hydrogens (tertiary/aromatic N) is 2. The highest BCUT2D eigenvalue weighted by Crippen LogP contribution is 2.14. The van der Waals surface area contributed by atoms with Crippen molar-refractivity contribution < 1.29 is 13.6 Å². The number of halogens is 2. The molecule has 25 heavy (non-hydrogen) atoms. The predicted octanol–water partition coefficient (Wildman–Crippen LogP) is 3.01. The van der Waals surface area contributed by atoms with E-state index in [4.69, 9.17) is 0 Å². The van der Waals surface area contributed by atoms with Crippen molar-refractivity contribution in [3.8, 4) is 0 Å². The van der Waals surface area contributed by atoms with Gasteiger partial charge in [-0.1, -0.05) is 12.1 Å². The maximum Gasteiger partial charge on any atom is 0.261 e. The number of benzene rings is 2. The highest BCUT2D eigenvalue weighted by Gasteiger charge is 2.09. The Kier molecular flexibility index (Phi) is 4.56. The van der Waals surface area contributed by atoms with Crippen LogP contribution in [0.4, 0.5) is 14.5 Å². The van der Waals surface area contributed by atoms with E-state index in [-0.39, 0.29) is 24.2 Å². The maximum absolute atomic E-state index is 13.1. The van der Waals surface area contributed by atoms with E-state index in [9.17, 15) is 18.4 Å². The number of amides is 1. The van der Waals surface area contributed by atoms with Gasteiger partial charge in [-0.15, -0.1) is 0 Å². The molecular formula is C18H15F2N3O2. The molecule has 1 N–H and O–H groups in total. The van der Waals surface area contributed by atoms with Gasteiger partial charge in [0, 0.05) is 24.7 Å². The molecule has 0 aliphatic carbocycles. The zero-order chi connectivity index (χ0) is 18.0. The van der Waals surface area contributed by atoms with Gasteiger partial charge in [-0.25, -0.2) is 13.8 Å². The number of anilines is 1. The Morgan fingerprint density at radius 2 is 1.92 bits per heavy atom. The summed E-state index contributed by atoms with van der Waals surface area (Å²) in [5.74, 6) is -2.01. The van der Waals surface area contributed by atoms with E-state index in [2.05, 4.69) is 10.3 Å². The van der Waals surface area contributed by atoms with E-state index in [0.717, 1.165) is 23.8 Å². The normalized spacial score (nSPS) is 10.8. The highest BCUT2D eigenvalue weighted by atomic mass is 19.1. The Balaban J connectivity index is 1.73. The molecule has 1 heterocycles. The third-order valence-electron chi connectivity index (χ3n) is 3.78. The third kappa shape index (κ3) is 3.71. The molecule has 5 nitrogen and oxygen atoms in total. The van der Waals surface area contributed by atoms with Crippen LogP contribution in [0.3, 0.4) is 0 Å². The van der Waals surface area contributed by atoms with Crippen LogP contribution in [0.1, 0.15) is 12.0 Å². The number of carbonyl (C=O) groups is 1. The topological polar surface area (TPSA) is 64.0 Å². The summed E-state index contributed by atoms with van der Waals surface area (Å²) in [6.45, 7) is 1.98. The Hall–Kier alpha value is -3.09. The monoisotopic (exact) mass is 343 g/mol. The number of aromatic nitrogens is 2. The number of para-hydroxylation sites is 1. The lowest BCUT2D eigenvalue weighted by Gasteiger charge is -2.09. The van der Waals surface area contributed by atoms with Gasteiger partial charge < -0.3 is 5.32 Å². The van der Waals surface area contributed by atoms with E-state index in [1.807, 2.05) is 13.0 Å². The van der Waals surface area contributed by atoms with Crippen LogP contribution in [0.2, 0.25) is 0 Å². The zero-order valence-corrected chi connectivity index (χ0v) is 13.4. The highest BCUT2D eigenvalue weighted by molar-refractivity contribution is 5.90.